The van der Waals surface area contributed by atoms with Crippen LogP contribution in [0.1, 0.15) is 44.7 Å². The molecular formula is C19H29N3O3. The molecule has 138 valence electrons. The van der Waals surface area contributed by atoms with Crippen LogP contribution in [0.15, 0.2) is 24.3 Å². The van der Waals surface area contributed by atoms with Crippen LogP contribution >= 0.6 is 0 Å². The van der Waals surface area contributed by atoms with Gasteiger partial charge in [0.2, 0.25) is 11.8 Å². The second kappa shape index (κ2) is 10.0. The maximum atomic E-state index is 12.0. The maximum absolute atomic E-state index is 12.0. The fourth-order valence-electron chi connectivity index (χ4n) is 2.90. The molecule has 1 aliphatic heterocycles. The number of rotatable bonds is 9. The minimum atomic E-state index is -0.0534. The van der Waals surface area contributed by atoms with Gasteiger partial charge in [-0.1, -0.05) is 12.1 Å². The number of hydrogen-bond acceptors (Lipinski definition) is 4. The highest BCUT2D eigenvalue weighted by Crippen LogP contribution is 2.17. The maximum Gasteiger partial charge on any atom is 0.224 e. The predicted octanol–water partition coefficient (Wildman–Crippen LogP) is 1.77. The SMILES string of the molecule is CCOc1ccc(C(C)NC(=O)CCCNC(=O)C2CCNC2)cc1. The lowest BCUT2D eigenvalue weighted by molar-refractivity contribution is -0.125. The van der Waals surface area contributed by atoms with Crippen molar-refractivity contribution in [1.29, 1.82) is 0 Å². The van der Waals surface area contributed by atoms with Gasteiger partial charge >= 0.3 is 0 Å². The lowest BCUT2D eigenvalue weighted by Gasteiger charge is -2.15. The Hall–Kier alpha value is -2.08. The molecule has 25 heavy (non-hydrogen) atoms. The van der Waals surface area contributed by atoms with E-state index in [9.17, 15) is 9.59 Å². The van der Waals surface area contributed by atoms with Crippen LogP contribution in [0.5, 0.6) is 5.75 Å². The summed E-state index contributed by atoms with van der Waals surface area (Å²) in [7, 11) is 0. The van der Waals surface area contributed by atoms with Crippen LogP contribution in [0.25, 0.3) is 0 Å². The van der Waals surface area contributed by atoms with Gasteiger partial charge in [0, 0.05) is 19.5 Å². The predicted molar refractivity (Wildman–Crippen MR) is 97.4 cm³/mol. The summed E-state index contributed by atoms with van der Waals surface area (Å²) in [5.41, 5.74) is 1.04. The molecule has 2 amide bonds. The first-order valence-electron chi connectivity index (χ1n) is 9.10. The van der Waals surface area contributed by atoms with Crippen molar-refractivity contribution < 1.29 is 14.3 Å². The Labute approximate surface area is 149 Å². The van der Waals surface area contributed by atoms with Gasteiger partial charge in [-0.2, -0.15) is 0 Å². The number of carbonyl (C=O) groups is 2. The van der Waals surface area contributed by atoms with E-state index in [4.69, 9.17) is 4.74 Å². The molecule has 1 saturated heterocycles. The van der Waals surface area contributed by atoms with Gasteiger partial charge in [0.15, 0.2) is 0 Å². The van der Waals surface area contributed by atoms with Crippen LogP contribution in [0.3, 0.4) is 0 Å². The minimum Gasteiger partial charge on any atom is -0.494 e. The molecule has 0 saturated carbocycles. The molecule has 3 N–H and O–H groups in total. The summed E-state index contributed by atoms with van der Waals surface area (Å²) < 4.78 is 5.42. The summed E-state index contributed by atoms with van der Waals surface area (Å²) in [6.07, 6.45) is 1.95. The van der Waals surface area contributed by atoms with E-state index in [1.807, 2.05) is 38.1 Å². The number of benzene rings is 1. The second-order valence-corrected chi connectivity index (χ2v) is 6.38. The topological polar surface area (TPSA) is 79.5 Å². The number of nitrogens with one attached hydrogen (secondary N) is 3. The minimum absolute atomic E-state index is 0.00170. The van der Waals surface area contributed by atoms with E-state index in [2.05, 4.69) is 16.0 Å². The van der Waals surface area contributed by atoms with Gasteiger partial charge in [0.1, 0.15) is 5.75 Å². The van der Waals surface area contributed by atoms with Crippen molar-refractivity contribution in [3.05, 3.63) is 29.8 Å². The molecule has 0 bridgehead atoms. The Morgan fingerprint density at radius 2 is 2.08 bits per heavy atom. The Morgan fingerprint density at radius 1 is 1.32 bits per heavy atom. The summed E-state index contributed by atoms with van der Waals surface area (Å²) in [5.74, 6) is 0.998. The molecule has 0 aliphatic carbocycles. The summed E-state index contributed by atoms with van der Waals surface area (Å²) in [6, 6.07) is 7.70. The van der Waals surface area contributed by atoms with Crippen LogP contribution in [0, 0.1) is 5.92 Å². The summed E-state index contributed by atoms with van der Waals surface area (Å²) in [5, 5.41) is 9.08. The molecule has 2 rings (SSSR count). The van der Waals surface area contributed by atoms with E-state index < -0.39 is 0 Å². The Morgan fingerprint density at radius 3 is 2.72 bits per heavy atom. The molecule has 6 heteroatoms. The number of ether oxygens (including phenoxy) is 1. The third kappa shape index (κ3) is 6.38. The fourth-order valence-corrected chi connectivity index (χ4v) is 2.90. The van der Waals surface area contributed by atoms with Crippen LogP contribution in [0.2, 0.25) is 0 Å². The van der Waals surface area contributed by atoms with Gasteiger partial charge in [0.25, 0.3) is 0 Å². The van der Waals surface area contributed by atoms with Gasteiger partial charge < -0.3 is 20.7 Å². The average molecular weight is 347 g/mol. The van der Waals surface area contributed by atoms with E-state index >= 15 is 0 Å². The van der Waals surface area contributed by atoms with Crippen molar-refractivity contribution >= 4 is 11.8 Å². The molecule has 2 unspecified atom stereocenters. The second-order valence-electron chi connectivity index (χ2n) is 6.38. The smallest absolute Gasteiger partial charge is 0.224 e. The van der Waals surface area contributed by atoms with Crippen molar-refractivity contribution in [3.8, 4) is 5.75 Å². The standard InChI is InChI=1S/C19H29N3O3/c1-3-25-17-8-6-15(7-9-17)14(2)22-18(23)5-4-11-21-19(24)16-10-12-20-13-16/h6-9,14,16,20H,3-5,10-13H2,1-2H3,(H,21,24)(H,22,23). The van der Waals surface area contributed by atoms with Crippen LogP contribution in [0.4, 0.5) is 0 Å². The molecule has 2 atom stereocenters. The van der Waals surface area contributed by atoms with Gasteiger partial charge in [-0.25, -0.2) is 0 Å². The third-order valence-corrected chi connectivity index (χ3v) is 4.38. The van der Waals surface area contributed by atoms with Gasteiger partial charge in [0.05, 0.1) is 18.6 Å². The lowest BCUT2D eigenvalue weighted by atomic mass is 10.1. The highest BCUT2D eigenvalue weighted by Gasteiger charge is 2.21. The van der Waals surface area contributed by atoms with Crippen LogP contribution in [-0.4, -0.2) is 38.1 Å². The molecule has 1 aromatic carbocycles. The van der Waals surface area contributed by atoms with E-state index in [0.717, 1.165) is 30.8 Å². The molecule has 1 aliphatic rings. The quantitative estimate of drug-likeness (QED) is 0.595. The van der Waals surface area contributed by atoms with Crippen molar-refractivity contribution in [2.75, 3.05) is 26.2 Å². The van der Waals surface area contributed by atoms with E-state index in [0.29, 0.717) is 26.0 Å². The lowest BCUT2D eigenvalue weighted by Crippen LogP contribution is -2.33. The summed E-state index contributed by atoms with van der Waals surface area (Å²) in [4.78, 5) is 23.9. The highest BCUT2D eigenvalue weighted by molar-refractivity contribution is 5.79. The summed E-state index contributed by atoms with van der Waals surface area (Å²) in [6.45, 7) is 6.75. The average Bonchev–Trinajstić information content (AvgIpc) is 3.14. The number of amides is 2. The molecule has 1 aromatic rings. The highest BCUT2D eigenvalue weighted by atomic mass is 16.5. The normalized spacial score (nSPS) is 17.8. The van der Waals surface area contributed by atoms with Crippen molar-refractivity contribution in [2.24, 2.45) is 5.92 Å². The first kappa shape index (κ1) is 19.2. The van der Waals surface area contributed by atoms with Gasteiger partial charge in [-0.3, -0.25) is 9.59 Å². The van der Waals surface area contributed by atoms with Gasteiger partial charge in [-0.05, 0) is 50.9 Å². The molecule has 6 nitrogen and oxygen atoms in total. The Bertz CT molecular complexity index is 554. The van der Waals surface area contributed by atoms with Crippen LogP contribution in [-0.2, 0) is 9.59 Å². The van der Waals surface area contributed by atoms with E-state index in [-0.39, 0.29) is 23.8 Å². The third-order valence-electron chi connectivity index (χ3n) is 4.38. The van der Waals surface area contributed by atoms with E-state index in [1.165, 1.54) is 0 Å². The Balaban J connectivity index is 1.64. The molecule has 0 radical (unpaired) electrons. The van der Waals surface area contributed by atoms with Gasteiger partial charge in [-0.15, -0.1) is 0 Å². The van der Waals surface area contributed by atoms with Crippen molar-refractivity contribution in [2.45, 2.75) is 39.2 Å². The fraction of sp³-hybridized carbons (Fsp3) is 0.579. The summed E-state index contributed by atoms with van der Waals surface area (Å²) >= 11 is 0. The zero-order valence-electron chi connectivity index (χ0n) is 15.1. The Kier molecular flexibility index (Phi) is 7.73. The first-order chi connectivity index (χ1) is 12.1. The molecule has 0 aromatic heterocycles. The number of carbonyl (C=O) groups excluding carboxylic acids is 2. The molecule has 1 heterocycles. The number of hydrogen-bond donors (Lipinski definition) is 3. The van der Waals surface area contributed by atoms with Crippen LogP contribution < -0.4 is 20.7 Å². The van der Waals surface area contributed by atoms with E-state index in [1.54, 1.807) is 0 Å². The zero-order chi connectivity index (χ0) is 18.1. The zero-order valence-corrected chi connectivity index (χ0v) is 15.1. The first-order valence-corrected chi connectivity index (χ1v) is 9.10. The molecule has 1 fully saturated rings. The molecular weight excluding hydrogens is 318 g/mol. The largest absolute Gasteiger partial charge is 0.494 e. The monoisotopic (exact) mass is 347 g/mol. The van der Waals surface area contributed by atoms with Crippen molar-refractivity contribution in [1.82, 2.24) is 16.0 Å². The molecule has 0 spiro atoms. The van der Waals surface area contributed by atoms with Crippen molar-refractivity contribution in [3.63, 3.8) is 0 Å².